The number of nitrogens with zero attached hydrogens (tertiary/aromatic N) is 7. The van der Waals surface area contributed by atoms with Crippen molar-refractivity contribution in [2.24, 2.45) is 7.05 Å². The van der Waals surface area contributed by atoms with Crippen molar-refractivity contribution < 1.29 is 4.79 Å². The molecule has 0 atom stereocenters. The number of rotatable bonds is 3. The van der Waals surface area contributed by atoms with Crippen LogP contribution in [0.15, 0.2) is 60.4 Å². The molecule has 1 aliphatic heterocycles. The molecule has 0 unspecified atom stereocenters. The molecule has 0 aliphatic carbocycles. The molecule has 0 spiro atoms. The maximum atomic E-state index is 13.6. The van der Waals surface area contributed by atoms with Crippen LogP contribution in [0.2, 0.25) is 0 Å². The topological polar surface area (TPSA) is 80.0 Å². The molecule has 5 aromatic rings. The third kappa shape index (κ3) is 3.41. The molecule has 9 heteroatoms. The number of carbonyl (C=O) groups is 1. The van der Waals surface area contributed by atoms with Crippen LogP contribution >= 0.6 is 11.3 Å². The molecule has 6 rings (SSSR count). The fraction of sp³-hybridized carbons (Fsp3) is 0.208. The molecule has 1 fully saturated rings. The van der Waals surface area contributed by atoms with E-state index in [1.54, 1.807) is 28.5 Å². The number of para-hydroxylation sites is 1. The summed E-state index contributed by atoms with van der Waals surface area (Å²) in [4.78, 5) is 32.5. The number of aryl methyl sites for hydroxylation is 1. The van der Waals surface area contributed by atoms with Gasteiger partial charge in [-0.2, -0.15) is 5.10 Å². The summed E-state index contributed by atoms with van der Waals surface area (Å²) in [6.45, 7) is 2.65. The second kappa shape index (κ2) is 7.93. The fourth-order valence-electron chi connectivity index (χ4n) is 4.40. The van der Waals surface area contributed by atoms with Crippen LogP contribution in [0.4, 0.5) is 5.82 Å². The highest BCUT2D eigenvalue weighted by Crippen LogP contribution is 2.29. The minimum Gasteiger partial charge on any atom is -0.352 e. The van der Waals surface area contributed by atoms with Crippen LogP contribution in [-0.2, 0) is 7.05 Å². The largest absolute Gasteiger partial charge is 0.352 e. The minimum absolute atomic E-state index is 0.0419. The van der Waals surface area contributed by atoms with Gasteiger partial charge in [0.2, 0.25) is 0 Å². The number of carbonyl (C=O) groups excluding carboxylic acids is 1. The maximum Gasteiger partial charge on any atom is 0.254 e. The molecule has 0 saturated carbocycles. The molecule has 1 saturated heterocycles. The molecule has 5 heterocycles. The van der Waals surface area contributed by atoms with Crippen LogP contribution in [0, 0.1) is 0 Å². The number of piperazine rings is 1. The van der Waals surface area contributed by atoms with E-state index in [-0.39, 0.29) is 5.91 Å². The molecule has 33 heavy (non-hydrogen) atoms. The van der Waals surface area contributed by atoms with E-state index in [1.165, 1.54) is 0 Å². The second-order valence-electron chi connectivity index (χ2n) is 8.03. The van der Waals surface area contributed by atoms with Gasteiger partial charge in [0.1, 0.15) is 12.1 Å². The minimum atomic E-state index is 0.0419. The third-order valence-corrected chi connectivity index (χ3v) is 6.99. The lowest BCUT2D eigenvalue weighted by molar-refractivity contribution is 0.0748. The van der Waals surface area contributed by atoms with Crippen LogP contribution < -0.4 is 4.90 Å². The van der Waals surface area contributed by atoms with Crippen LogP contribution in [0.5, 0.6) is 0 Å². The Morgan fingerprint density at radius 1 is 1.00 bits per heavy atom. The zero-order chi connectivity index (χ0) is 22.4. The fourth-order valence-corrected chi connectivity index (χ4v) is 5.08. The van der Waals surface area contributed by atoms with Crippen LogP contribution in [0.25, 0.3) is 32.5 Å². The van der Waals surface area contributed by atoms with Gasteiger partial charge in [-0.05, 0) is 23.6 Å². The van der Waals surface area contributed by atoms with Gasteiger partial charge in [-0.15, -0.1) is 11.3 Å². The van der Waals surface area contributed by atoms with Crippen molar-refractivity contribution in [3.05, 3.63) is 65.9 Å². The molecule has 1 aliphatic rings. The quantitative estimate of drug-likeness (QED) is 0.414. The van der Waals surface area contributed by atoms with Crippen LogP contribution in [0.3, 0.4) is 0 Å². The summed E-state index contributed by atoms with van der Waals surface area (Å²) in [5.41, 5.74) is 3.19. The predicted molar refractivity (Wildman–Crippen MR) is 129 cm³/mol. The normalized spacial score (nSPS) is 14.3. The molecule has 0 bridgehead atoms. The highest BCUT2D eigenvalue weighted by molar-refractivity contribution is 7.13. The van der Waals surface area contributed by atoms with Gasteiger partial charge in [0.25, 0.3) is 5.91 Å². The highest BCUT2D eigenvalue weighted by Gasteiger charge is 2.26. The molecule has 8 nitrogen and oxygen atoms in total. The van der Waals surface area contributed by atoms with Crippen molar-refractivity contribution in [1.82, 2.24) is 29.6 Å². The Morgan fingerprint density at radius 3 is 2.67 bits per heavy atom. The molecule has 0 N–H and O–H groups in total. The van der Waals surface area contributed by atoms with Gasteiger partial charge in [-0.1, -0.05) is 24.3 Å². The van der Waals surface area contributed by atoms with Gasteiger partial charge >= 0.3 is 0 Å². The zero-order valence-corrected chi connectivity index (χ0v) is 18.9. The van der Waals surface area contributed by atoms with Gasteiger partial charge in [-0.25, -0.2) is 15.0 Å². The number of thiophene rings is 1. The standard InChI is InChI=1S/C24H21N7OS/c1-29-22-18(14-27-29)23(26-15-25-22)30-8-10-31(11-9-30)24(32)17-13-20(21-7-4-12-33-21)28-19-6-3-2-5-16(17)19/h2-7,12-15H,8-11H2,1H3. The van der Waals surface area contributed by atoms with Crippen LogP contribution in [-0.4, -0.2) is 61.7 Å². The van der Waals surface area contributed by atoms with Crippen molar-refractivity contribution in [3.63, 3.8) is 0 Å². The summed E-state index contributed by atoms with van der Waals surface area (Å²) in [7, 11) is 1.87. The van der Waals surface area contributed by atoms with E-state index in [2.05, 4.69) is 20.0 Å². The van der Waals surface area contributed by atoms with E-state index in [4.69, 9.17) is 4.98 Å². The lowest BCUT2D eigenvalue weighted by atomic mass is 10.1. The highest BCUT2D eigenvalue weighted by atomic mass is 32.1. The number of hydrogen-bond acceptors (Lipinski definition) is 7. The van der Waals surface area contributed by atoms with Crippen molar-refractivity contribution in [2.75, 3.05) is 31.1 Å². The summed E-state index contributed by atoms with van der Waals surface area (Å²) in [5, 5.41) is 8.16. The van der Waals surface area contributed by atoms with Crippen molar-refractivity contribution in [3.8, 4) is 10.6 Å². The Morgan fingerprint density at radius 2 is 1.85 bits per heavy atom. The summed E-state index contributed by atoms with van der Waals surface area (Å²) < 4.78 is 1.75. The summed E-state index contributed by atoms with van der Waals surface area (Å²) in [5.74, 6) is 0.912. The molecule has 4 aromatic heterocycles. The van der Waals surface area contributed by atoms with E-state index >= 15 is 0 Å². The zero-order valence-electron chi connectivity index (χ0n) is 18.0. The predicted octanol–water partition coefficient (Wildman–Crippen LogP) is 3.60. The lowest BCUT2D eigenvalue weighted by Crippen LogP contribution is -2.49. The average Bonchev–Trinajstić information content (AvgIpc) is 3.54. The summed E-state index contributed by atoms with van der Waals surface area (Å²) in [6, 6.07) is 13.8. The number of fused-ring (bicyclic) bond motifs is 2. The molecule has 1 amide bonds. The van der Waals surface area contributed by atoms with E-state index < -0.39 is 0 Å². The Bertz CT molecular complexity index is 1470. The molecular weight excluding hydrogens is 434 g/mol. The Labute approximate surface area is 194 Å². The summed E-state index contributed by atoms with van der Waals surface area (Å²) >= 11 is 1.63. The lowest BCUT2D eigenvalue weighted by Gasteiger charge is -2.35. The van der Waals surface area contributed by atoms with Gasteiger partial charge in [-0.3, -0.25) is 9.48 Å². The monoisotopic (exact) mass is 455 g/mol. The van der Waals surface area contributed by atoms with Crippen LogP contribution in [0.1, 0.15) is 10.4 Å². The number of hydrogen-bond donors (Lipinski definition) is 0. The Balaban J connectivity index is 1.29. The smallest absolute Gasteiger partial charge is 0.254 e. The first kappa shape index (κ1) is 19.8. The first-order valence-electron chi connectivity index (χ1n) is 10.8. The molecule has 164 valence electrons. The van der Waals surface area contributed by atoms with E-state index in [1.807, 2.05) is 59.8 Å². The SMILES string of the molecule is Cn1ncc2c(N3CCN(C(=O)c4cc(-c5cccs5)nc5ccccc45)CC3)ncnc21. The number of benzene rings is 1. The second-order valence-corrected chi connectivity index (χ2v) is 8.98. The number of aromatic nitrogens is 5. The van der Waals surface area contributed by atoms with Gasteiger partial charge < -0.3 is 9.80 Å². The Kier molecular flexibility index (Phi) is 4.76. The van der Waals surface area contributed by atoms with Crippen molar-refractivity contribution in [2.45, 2.75) is 0 Å². The number of amides is 1. The number of anilines is 1. The van der Waals surface area contributed by atoms with Crippen molar-refractivity contribution >= 4 is 45.0 Å². The van der Waals surface area contributed by atoms with E-state index in [0.29, 0.717) is 31.7 Å². The van der Waals surface area contributed by atoms with E-state index in [0.717, 1.165) is 38.3 Å². The average molecular weight is 456 g/mol. The third-order valence-electron chi connectivity index (χ3n) is 6.10. The van der Waals surface area contributed by atoms with Gasteiger partial charge in [0.15, 0.2) is 5.65 Å². The maximum absolute atomic E-state index is 13.6. The van der Waals surface area contributed by atoms with Gasteiger partial charge in [0.05, 0.1) is 33.2 Å². The van der Waals surface area contributed by atoms with E-state index in [9.17, 15) is 4.79 Å². The first-order chi connectivity index (χ1) is 16.2. The molecular formula is C24H21N7OS. The van der Waals surface area contributed by atoms with Crippen molar-refractivity contribution in [1.29, 1.82) is 0 Å². The van der Waals surface area contributed by atoms with Gasteiger partial charge in [0, 0.05) is 38.6 Å². The molecule has 1 aromatic carbocycles. The number of pyridine rings is 1. The first-order valence-corrected chi connectivity index (χ1v) is 11.7. The Hall–Kier alpha value is -3.85. The summed E-state index contributed by atoms with van der Waals surface area (Å²) in [6.07, 6.45) is 3.38. The molecule has 0 radical (unpaired) electrons.